The lowest BCUT2D eigenvalue weighted by Crippen LogP contribution is -2.34. The van der Waals surface area contributed by atoms with Gasteiger partial charge in [-0.25, -0.2) is 0 Å². The lowest BCUT2D eigenvalue weighted by Gasteiger charge is -2.29. The van der Waals surface area contributed by atoms with Gasteiger partial charge in [0.2, 0.25) is 5.82 Å². The summed E-state index contributed by atoms with van der Waals surface area (Å²) in [6.45, 7) is 2.25. The first-order valence-electron chi connectivity index (χ1n) is 8.23. The van der Waals surface area contributed by atoms with Crippen LogP contribution in [0.4, 0.5) is 5.69 Å². The van der Waals surface area contributed by atoms with Crippen molar-refractivity contribution in [3.8, 4) is 11.8 Å². The number of aldehydes is 1. The highest BCUT2D eigenvalue weighted by molar-refractivity contribution is 6.30. The standard InChI is InChI=1S/C20H15ClN4O/c21-17-3-1-2-15(12-17)6-9-19-22-23-20-13-24(10-11-25(19)20)18-7-4-16(14-26)5-8-18/h1-5,7-8,12,14H,10-11,13H2. The highest BCUT2D eigenvalue weighted by atomic mass is 35.5. The zero-order chi connectivity index (χ0) is 17.9. The minimum absolute atomic E-state index is 0.659. The van der Waals surface area contributed by atoms with Crippen molar-refractivity contribution in [2.75, 3.05) is 11.4 Å². The van der Waals surface area contributed by atoms with E-state index in [2.05, 4.69) is 26.9 Å². The van der Waals surface area contributed by atoms with Crippen molar-refractivity contribution in [3.63, 3.8) is 0 Å². The molecule has 0 fully saturated rings. The number of rotatable bonds is 2. The first kappa shape index (κ1) is 16.4. The normalized spacial score (nSPS) is 12.9. The van der Waals surface area contributed by atoms with Crippen LogP contribution < -0.4 is 4.90 Å². The molecule has 2 aromatic carbocycles. The van der Waals surface area contributed by atoms with Gasteiger partial charge in [-0.1, -0.05) is 23.6 Å². The number of anilines is 1. The van der Waals surface area contributed by atoms with Crippen LogP contribution in [-0.2, 0) is 13.1 Å². The van der Waals surface area contributed by atoms with Crippen molar-refractivity contribution in [2.24, 2.45) is 0 Å². The summed E-state index contributed by atoms with van der Waals surface area (Å²) in [7, 11) is 0. The van der Waals surface area contributed by atoms with Crippen LogP contribution in [0.1, 0.15) is 27.6 Å². The number of halogens is 1. The first-order chi connectivity index (χ1) is 12.7. The van der Waals surface area contributed by atoms with Crippen molar-refractivity contribution < 1.29 is 4.79 Å². The van der Waals surface area contributed by atoms with E-state index in [0.29, 0.717) is 23.0 Å². The first-order valence-corrected chi connectivity index (χ1v) is 8.60. The summed E-state index contributed by atoms with van der Waals surface area (Å²) in [5.41, 5.74) is 2.59. The molecule has 2 heterocycles. The van der Waals surface area contributed by atoms with E-state index in [1.165, 1.54) is 0 Å². The Balaban J connectivity index is 1.54. The van der Waals surface area contributed by atoms with Crippen molar-refractivity contribution >= 4 is 23.6 Å². The maximum Gasteiger partial charge on any atom is 0.208 e. The minimum atomic E-state index is 0.659. The van der Waals surface area contributed by atoms with E-state index >= 15 is 0 Å². The Bertz CT molecular complexity index is 1010. The highest BCUT2D eigenvalue weighted by Gasteiger charge is 2.20. The third-order valence-electron chi connectivity index (χ3n) is 4.29. The molecule has 26 heavy (non-hydrogen) atoms. The molecule has 0 unspecified atom stereocenters. The van der Waals surface area contributed by atoms with Crippen molar-refractivity contribution in [1.82, 2.24) is 14.8 Å². The van der Waals surface area contributed by atoms with E-state index in [1.54, 1.807) is 0 Å². The van der Waals surface area contributed by atoms with E-state index in [-0.39, 0.29) is 0 Å². The van der Waals surface area contributed by atoms with Crippen LogP contribution in [0, 0.1) is 11.8 Å². The molecule has 1 aliphatic heterocycles. The summed E-state index contributed by atoms with van der Waals surface area (Å²) in [5, 5.41) is 9.17. The molecule has 0 saturated carbocycles. The molecular weight excluding hydrogens is 348 g/mol. The number of carbonyl (C=O) groups is 1. The Morgan fingerprint density at radius 3 is 2.65 bits per heavy atom. The van der Waals surface area contributed by atoms with Crippen LogP contribution in [0.3, 0.4) is 0 Å². The van der Waals surface area contributed by atoms with Gasteiger partial charge in [-0.15, -0.1) is 10.2 Å². The Hall–Kier alpha value is -3.10. The number of hydrogen-bond acceptors (Lipinski definition) is 4. The minimum Gasteiger partial charge on any atom is -0.362 e. The van der Waals surface area contributed by atoms with Crippen molar-refractivity contribution in [1.29, 1.82) is 0 Å². The molecule has 128 valence electrons. The van der Waals surface area contributed by atoms with Crippen LogP contribution in [0.25, 0.3) is 0 Å². The molecule has 1 aromatic heterocycles. The SMILES string of the molecule is O=Cc1ccc(N2CCn3c(C#Cc4cccc(Cl)c4)nnc3C2)cc1. The van der Waals surface area contributed by atoms with Crippen LogP contribution in [0.5, 0.6) is 0 Å². The van der Waals surface area contributed by atoms with Crippen molar-refractivity contribution in [3.05, 3.63) is 76.3 Å². The molecule has 0 radical (unpaired) electrons. The summed E-state index contributed by atoms with van der Waals surface area (Å²) in [5.74, 6) is 7.72. The molecule has 0 saturated heterocycles. The van der Waals surface area contributed by atoms with Crippen LogP contribution in [-0.4, -0.2) is 27.6 Å². The molecule has 0 bridgehead atoms. The molecule has 0 N–H and O–H groups in total. The maximum atomic E-state index is 10.8. The predicted molar refractivity (Wildman–Crippen MR) is 100 cm³/mol. The van der Waals surface area contributed by atoms with Gasteiger partial charge in [-0.05, 0) is 48.4 Å². The van der Waals surface area contributed by atoms with E-state index < -0.39 is 0 Å². The molecular formula is C20H15ClN4O. The monoisotopic (exact) mass is 362 g/mol. The molecule has 5 nitrogen and oxygen atoms in total. The second kappa shape index (κ2) is 7.03. The van der Waals surface area contributed by atoms with Gasteiger partial charge in [0, 0.05) is 34.9 Å². The molecule has 1 aliphatic rings. The summed E-state index contributed by atoms with van der Waals surface area (Å²) < 4.78 is 2.05. The summed E-state index contributed by atoms with van der Waals surface area (Å²) >= 11 is 5.99. The molecule has 3 aromatic rings. The lowest BCUT2D eigenvalue weighted by molar-refractivity contribution is 0.112. The average Bonchev–Trinajstić information content (AvgIpc) is 3.09. The second-order valence-electron chi connectivity index (χ2n) is 5.98. The van der Waals surface area contributed by atoms with Gasteiger partial charge in [-0.3, -0.25) is 4.79 Å². The van der Waals surface area contributed by atoms with Gasteiger partial charge < -0.3 is 9.47 Å². The Morgan fingerprint density at radius 1 is 1.04 bits per heavy atom. The van der Waals surface area contributed by atoms with Gasteiger partial charge in [0.05, 0.1) is 6.54 Å². The molecule has 0 spiro atoms. The third kappa shape index (κ3) is 3.32. The fourth-order valence-electron chi connectivity index (χ4n) is 2.93. The Kier molecular flexibility index (Phi) is 4.42. The number of carbonyl (C=O) groups excluding carboxylic acids is 1. The summed E-state index contributed by atoms with van der Waals surface area (Å²) in [4.78, 5) is 13.0. The fraction of sp³-hybridized carbons (Fsp3) is 0.150. The van der Waals surface area contributed by atoms with Gasteiger partial charge in [-0.2, -0.15) is 0 Å². The maximum absolute atomic E-state index is 10.8. The summed E-state index contributed by atoms with van der Waals surface area (Å²) in [6.07, 6.45) is 0.849. The average molecular weight is 363 g/mol. The molecule has 0 aliphatic carbocycles. The molecule has 0 amide bonds. The second-order valence-corrected chi connectivity index (χ2v) is 6.42. The van der Waals surface area contributed by atoms with Crippen LogP contribution in [0.15, 0.2) is 48.5 Å². The van der Waals surface area contributed by atoms with Gasteiger partial charge in [0.1, 0.15) is 6.29 Å². The van der Waals surface area contributed by atoms with Gasteiger partial charge in [0.15, 0.2) is 5.82 Å². The van der Waals surface area contributed by atoms with E-state index in [1.807, 2.05) is 53.1 Å². The Morgan fingerprint density at radius 2 is 1.88 bits per heavy atom. The number of fused-ring (bicyclic) bond motifs is 1. The number of benzene rings is 2. The quantitative estimate of drug-likeness (QED) is 0.519. The van der Waals surface area contributed by atoms with Crippen LogP contribution >= 0.6 is 11.6 Å². The fourth-order valence-corrected chi connectivity index (χ4v) is 3.12. The van der Waals surface area contributed by atoms with E-state index in [0.717, 1.165) is 36.5 Å². The summed E-state index contributed by atoms with van der Waals surface area (Å²) in [6, 6.07) is 15.0. The lowest BCUT2D eigenvalue weighted by atomic mass is 10.2. The van der Waals surface area contributed by atoms with E-state index in [4.69, 9.17) is 11.6 Å². The van der Waals surface area contributed by atoms with E-state index in [9.17, 15) is 4.79 Å². The number of hydrogen-bond donors (Lipinski definition) is 0. The molecule has 0 atom stereocenters. The smallest absolute Gasteiger partial charge is 0.208 e. The van der Waals surface area contributed by atoms with Gasteiger partial charge >= 0.3 is 0 Å². The Labute approximate surface area is 156 Å². The predicted octanol–water partition coefficient (Wildman–Crippen LogP) is 3.16. The number of nitrogens with zero attached hydrogens (tertiary/aromatic N) is 4. The zero-order valence-corrected chi connectivity index (χ0v) is 14.6. The van der Waals surface area contributed by atoms with Gasteiger partial charge in [0.25, 0.3) is 0 Å². The number of aromatic nitrogens is 3. The largest absolute Gasteiger partial charge is 0.362 e. The highest BCUT2D eigenvalue weighted by Crippen LogP contribution is 2.21. The van der Waals surface area contributed by atoms with Crippen LogP contribution in [0.2, 0.25) is 5.02 Å². The third-order valence-corrected chi connectivity index (χ3v) is 4.53. The molecule has 4 rings (SSSR count). The topological polar surface area (TPSA) is 51.0 Å². The van der Waals surface area contributed by atoms with Crippen molar-refractivity contribution in [2.45, 2.75) is 13.1 Å². The zero-order valence-electron chi connectivity index (χ0n) is 13.9. The molecule has 6 heteroatoms.